The molecule has 1 aromatic carbocycles. The highest BCUT2D eigenvalue weighted by molar-refractivity contribution is 5.79. The van der Waals surface area contributed by atoms with Crippen LogP contribution in [0.25, 0.3) is 0 Å². The van der Waals surface area contributed by atoms with E-state index in [-0.39, 0.29) is 17.9 Å². The minimum atomic E-state index is -0.229. The fourth-order valence-corrected chi connectivity index (χ4v) is 2.90. The van der Waals surface area contributed by atoms with Gasteiger partial charge in [-0.25, -0.2) is 0 Å². The highest BCUT2D eigenvalue weighted by Crippen LogP contribution is 2.32. The number of hydrogen-bond acceptors (Lipinski definition) is 3. The SMILES string of the molecule is Cc1ccccc1CNC(=O)[C@@H]1CCCO[C@H]1c1ccn[nH]1. The van der Waals surface area contributed by atoms with Gasteiger partial charge in [0, 0.05) is 19.3 Å². The van der Waals surface area contributed by atoms with E-state index in [4.69, 9.17) is 4.74 Å². The van der Waals surface area contributed by atoms with E-state index in [9.17, 15) is 4.79 Å². The smallest absolute Gasteiger partial charge is 0.226 e. The van der Waals surface area contributed by atoms with Gasteiger partial charge in [0.1, 0.15) is 6.10 Å². The van der Waals surface area contributed by atoms with Crippen molar-refractivity contribution in [3.63, 3.8) is 0 Å². The topological polar surface area (TPSA) is 67.0 Å². The van der Waals surface area contributed by atoms with Crippen molar-refractivity contribution >= 4 is 5.91 Å². The number of ether oxygens (including phenoxy) is 1. The number of rotatable bonds is 4. The lowest BCUT2D eigenvalue weighted by atomic mass is 9.91. The minimum Gasteiger partial charge on any atom is -0.371 e. The first-order chi connectivity index (χ1) is 10.8. The van der Waals surface area contributed by atoms with E-state index in [0.29, 0.717) is 13.2 Å². The number of benzene rings is 1. The van der Waals surface area contributed by atoms with Crippen molar-refractivity contribution in [1.29, 1.82) is 0 Å². The van der Waals surface area contributed by atoms with Gasteiger partial charge >= 0.3 is 0 Å². The maximum absolute atomic E-state index is 12.6. The average Bonchev–Trinajstić information content (AvgIpc) is 3.08. The summed E-state index contributed by atoms with van der Waals surface area (Å²) >= 11 is 0. The molecule has 0 radical (unpaired) electrons. The van der Waals surface area contributed by atoms with Crippen LogP contribution in [-0.4, -0.2) is 22.7 Å². The lowest BCUT2D eigenvalue weighted by molar-refractivity contribution is -0.135. The number of amides is 1. The van der Waals surface area contributed by atoms with Crippen molar-refractivity contribution in [2.75, 3.05) is 6.61 Å². The third-order valence-electron chi connectivity index (χ3n) is 4.20. The zero-order valence-electron chi connectivity index (χ0n) is 12.7. The Labute approximate surface area is 130 Å². The molecular formula is C17H21N3O2. The lowest BCUT2D eigenvalue weighted by Crippen LogP contribution is -2.37. The van der Waals surface area contributed by atoms with E-state index in [1.54, 1.807) is 6.20 Å². The minimum absolute atomic E-state index is 0.0440. The second-order valence-corrected chi connectivity index (χ2v) is 5.70. The fourth-order valence-electron chi connectivity index (χ4n) is 2.90. The second-order valence-electron chi connectivity index (χ2n) is 5.70. The molecule has 1 saturated heterocycles. The molecule has 22 heavy (non-hydrogen) atoms. The molecule has 2 heterocycles. The third kappa shape index (κ3) is 3.20. The molecule has 5 nitrogen and oxygen atoms in total. The second kappa shape index (κ2) is 6.75. The summed E-state index contributed by atoms with van der Waals surface area (Å²) in [6, 6.07) is 9.96. The molecule has 0 bridgehead atoms. The highest BCUT2D eigenvalue weighted by atomic mass is 16.5. The van der Waals surface area contributed by atoms with Crippen LogP contribution in [0.5, 0.6) is 0 Å². The van der Waals surface area contributed by atoms with Crippen molar-refractivity contribution in [3.05, 3.63) is 53.3 Å². The lowest BCUT2D eigenvalue weighted by Gasteiger charge is -2.30. The van der Waals surface area contributed by atoms with Crippen molar-refractivity contribution in [3.8, 4) is 0 Å². The first kappa shape index (κ1) is 14.8. The van der Waals surface area contributed by atoms with Gasteiger partial charge in [-0.1, -0.05) is 24.3 Å². The Morgan fingerprint density at radius 1 is 1.41 bits per heavy atom. The Bertz CT molecular complexity index is 625. The monoisotopic (exact) mass is 299 g/mol. The summed E-state index contributed by atoms with van der Waals surface area (Å²) < 4.78 is 5.80. The molecule has 0 aliphatic carbocycles. The molecule has 0 saturated carbocycles. The fraction of sp³-hybridized carbons (Fsp3) is 0.412. The molecule has 116 valence electrons. The summed E-state index contributed by atoms with van der Waals surface area (Å²) in [6.07, 6.45) is 3.21. The molecule has 0 spiro atoms. The standard InChI is InChI=1S/C17H21N3O2/c1-12-5-2-3-6-13(12)11-18-17(21)14-7-4-10-22-16(14)15-8-9-19-20-15/h2-3,5-6,8-9,14,16H,4,7,10-11H2,1H3,(H,18,21)(H,19,20)/t14-,16-/m1/s1. The van der Waals surface area contributed by atoms with E-state index < -0.39 is 0 Å². The number of H-pyrrole nitrogens is 1. The van der Waals surface area contributed by atoms with Gasteiger partial charge in [0.05, 0.1) is 11.6 Å². The van der Waals surface area contributed by atoms with Gasteiger partial charge in [0.2, 0.25) is 5.91 Å². The maximum atomic E-state index is 12.6. The van der Waals surface area contributed by atoms with Crippen LogP contribution in [0.4, 0.5) is 0 Å². The van der Waals surface area contributed by atoms with Crippen LogP contribution in [0.1, 0.15) is 35.8 Å². The largest absolute Gasteiger partial charge is 0.371 e. The van der Waals surface area contributed by atoms with Crippen molar-refractivity contribution in [1.82, 2.24) is 15.5 Å². The molecule has 5 heteroatoms. The molecule has 1 fully saturated rings. The molecule has 1 aliphatic rings. The number of aromatic amines is 1. The first-order valence-corrected chi connectivity index (χ1v) is 7.69. The Morgan fingerprint density at radius 3 is 3.05 bits per heavy atom. The Hall–Kier alpha value is -2.14. The zero-order chi connectivity index (χ0) is 15.4. The predicted octanol–water partition coefficient (Wildman–Crippen LogP) is 2.50. The molecule has 1 aromatic heterocycles. The van der Waals surface area contributed by atoms with Crippen molar-refractivity contribution in [2.45, 2.75) is 32.4 Å². The van der Waals surface area contributed by atoms with Crippen LogP contribution < -0.4 is 5.32 Å². The molecular weight excluding hydrogens is 278 g/mol. The van der Waals surface area contributed by atoms with E-state index >= 15 is 0 Å². The van der Waals surface area contributed by atoms with Gasteiger partial charge < -0.3 is 10.1 Å². The molecule has 2 N–H and O–H groups in total. The van der Waals surface area contributed by atoms with Crippen LogP contribution in [0.2, 0.25) is 0 Å². The maximum Gasteiger partial charge on any atom is 0.226 e. The number of aromatic nitrogens is 2. The third-order valence-corrected chi connectivity index (χ3v) is 4.20. The van der Waals surface area contributed by atoms with Crippen LogP contribution in [-0.2, 0) is 16.1 Å². The molecule has 3 rings (SSSR count). The predicted molar refractivity (Wildman–Crippen MR) is 83.0 cm³/mol. The van der Waals surface area contributed by atoms with Gasteiger partial charge in [-0.3, -0.25) is 9.89 Å². The van der Waals surface area contributed by atoms with Gasteiger partial charge in [0.15, 0.2) is 0 Å². The Morgan fingerprint density at radius 2 is 2.27 bits per heavy atom. The van der Waals surface area contributed by atoms with Gasteiger partial charge in [-0.2, -0.15) is 5.10 Å². The van der Waals surface area contributed by atoms with Crippen molar-refractivity contribution < 1.29 is 9.53 Å². The zero-order valence-corrected chi connectivity index (χ0v) is 12.7. The van der Waals surface area contributed by atoms with Gasteiger partial charge in [-0.15, -0.1) is 0 Å². The number of carbonyl (C=O) groups is 1. The number of nitrogens with one attached hydrogen (secondary N) is 2. The molecule has 1 aliphatic heterocycles. The van der Waals surface area contributed by atoms with Gasteiger partial charge in [-0.05, 0) is 37.0 Å². The number of carbonyl (C=O) groups excluding carboxylic acids is 1. The highest BCUT2D eigenvalue weighted by Gasteiger charge is 2.33. The quantitative estimate of drug-likeness (QED) is 0.911. The first-order valence-electron chi connectivity index (χ1n) is 7.69. The van der Waals surface area contributed by atoms with Crippen LogP contribution in [0.3, 0.4) is 0 Å². The van der Waals surface area contributed by atoms with E-state index in [2.05, 4.69) is 28.5 Å². The van der Waals surface area contributed by atoms with E-state index in [1.807, 2.05) is 24.3 Å². The molecule has 2 aromatic rings. The summed E-state index contributed by atoms with van der Waals surface area (Å²) in [6.45, 7) is 3.29. The average molecular weight is 299 g/mol. The number of aryl methyl sites for hydroxylation is 1. The summed E-state index contributed by atoms with van der Waals surface area (Å²) in [5, 5.41) is 9.93. The van der Waals surface area contributed by atoms with E-state index in [1.165, 1.54) is 5.56 Å². The number of nitrogens with zero attached hydrogens (tertiary/aromatic N) is 1. The van der Waals surface area contributed by atoms with Gasteiger partial charge in [0.25, 0.3) is 0 Å². The van der Waals surface area contributed by atoms with Crippen LogP contribution in [0.15, 0.2) is 36.5 Å². The summed E-state index contributed by atoms with van der Waals surface area (Å²) in [7, 11) is 0. The summed E-state index contributed by atoms with van der Waals surface area (Å²) in [5.74, 6) is -0.124. The molecule has 2 atom stereocenters. The summed E-state index contributed by atoms with van der Waals surface area (Å²) in [4.78, 5) is 12.6. The van der Waals surface area contributed by atoms with Crippen LogP contribution in [0, 0.1) is 12.8 Å². The van der Waals surface area contributed by atoms with Crippen LogP contribution >= 0.6 is 0 Å². The Balaban J connectivity index is 1.66. The normalized spacial score (nSPS) is 21.5. The number of hydrogen-bond donors (Lipinski definition) is 2. The van der Waals surface area contributed by atoms with E-state index in [0.717, 1.165) is 24.1 Å². The molecule has 1 amide bonds. The Kier molecular flexibility index (Phi) is 4.53. The van der Waals surface area contributed by atoms with Crippen molar-refractivity contribution in [2.24, 2.45) is 5.92 Å². The molecule has 0 unspecified atom stereocenters. The summed E-state index contributed by atoms with van der Waals surface area (Å²) in [5.41, 5.74) is 3.20.